The van der Waals surface area contributed by atoms with Gasteiger partial charge in [0.05, 0.1) is 10.6 Å². The first-order valence-electron chi connectivity index (χ1n) is 6.32. The number of hydrogen-bond acceptors (Lipinski definition) is 3. The molecule has 6 heteroatoms. The molecule has 3 aromatic rings. The first kappa shape index (κ1) is 13.6. The Bertz CT molecular complexity index is 871. The summed E-state index contributed by atoms with van der Waals surface area (Å²) in [7, 11) is 0. The van der Waals surface area contributed by atoms with Crippen molar-refractivity contribution in [2.75, 3.05) is 0 Å². The number of nitrogens with zero attached hydrogens (tertiary/aromatic N) is 3. The van der Waals surface area contributed by atoms with E-state index in [1.54, 1.807) is 4.40 Å². The average molecular weight is 302 g/mol. The van der Waals surface area contributed by atoms with Crippen LogP contribution in [0.1, 0.15) is 21.5 Å². The monoisotopic (exact) mass is 301 g/mol. The molecule has 0 aliphatic rings. The van der Waals surface area contributed by atoms with Gasteiger partial charge in [-0.2, -0.15) is 0 Å². The maximum atomic E-state index is 11.2. The smallest absolute Gasteiger partial charge is 0.337 e. The largest absolute Gasteiger partial charge is 0.478 e. The topological polar surface area (TPSA) is 67.5 Å². The van der Waals surface area contributed by atoms with E-state index < -0.39 is 5.97 Å². The molecule has 0 saturated heterocycles. The highest BCUT2D eigenvalue weighted by atomic mass is 35.5. The third-order valence-corrected chi connectivity index (χ3v) is 3.75. The van der Waals surface area contributed by atoms with Gasteiger partial charge in [-0.05, 0) is 37.1 Å². The number of carboxylic acid groups (broad SMARTS) is 1. The van der Waals surface area contributed by atoms with Gasteiger partial charge in [0, 0.05) is 11.8 Å². The lowest BCUT2D eigenvalue weighted by Gasteiger charge is -2.05. The number of aromatic nitrogens is 3. The number of aromatic carboxylic acids is 1. The number of aryl methyl sites for hydroxylation is 2. The predicted molar refractivity (Wildman–Crippen MR) is 79.9 cm³/mol. The summed E-state index contributed by atoms with van der Waals surface area (Å²) < 4.78 is 1.61. The third-order valence-electron chi connectivity index (χ3n) is 3.47. The Labute approximate surface area is 125 Å². The molecule has 0 bridgehead atoms. The van der Waals surface area contributed by atoms with Gasteiger partial charge in [0.25, 0.3) is 0 Å². The Morgan fingerprint density at radius 3 is 2.62 bits per heavy atom. The first-order chi connectivity index (χ1) is 9.97. The molecule has 0 saturated carbocycles. The van der Waals surface area contributed by atoms with E-state index in [-0.39, 0.29) is 10.6 Å². The highest BCUT2D eigenvalue weighted by Gasteiger charge is 2.15. The minimum absolute atomic E-state index is 0.0948. The van der Waals surface area contributed by atoms with Crippen molar-refractivity contribution in [1.82, 2.24) is 14.6 Å². The molecule has 1 aromatic carbocycles. The molecule has 0 radical (unpaired) electrons. The van der Waals surface area contributed by atoms with Crippen LogP contribution < -0.4 is 0 Å². The average Bonchev–Trinajstić information content (AvgIpc) is 2.86. The van der Waals surface area contributed by atoms with Crippen LogP contribution in [-0.2, 0) is 0 Å². The van der Waals surface area contributed by atoms with E-state index in [4.69, 9.17) is 16.7 Å². The molecule has 0 fully saturated rings. The molecule has 5 nitrogen and oxygen atoms in total. The Hall–Kier alpha value is -2.40. The lowest BCUT2D eigenvalue weighted by Crippen LogP contribution is -2.00. The number of hydrogen-bond donors (Lipinski definition) is 1. The van der Waals surface area contributed by atoms with Gasteiger partial charge < -0.3 is 5.11 Å². The highest BCUT2D eigenvalue weighted by Crippen LogP contribution is 2.25. The molecule has 0 aliphatic carbocycles. The molecule has 106 valence electrons. The molecule has 2 aromatic heterocycles. The van der Waals surface area contributed by atoms with Gasteiger partial charge in [0.2, 0.25) is 0 Å². The first-order valence-corrected chi connectivity index (χ1v) is 6.70. The van der Waals surface area contributed by atoms with Crippen LogP contribution in [0.5, 0.6) is 0 Å². The Morgan fingerprint density at radius 2 is 1.95 bits per heavy atom. The number of rotatable bonds is 2. The van der Waals surface area contributed by atoms with Crippen LogP contribution in [0.25, 0.3) is 17.0 Å². The standard InChI is InChI=1S/C15H12ClN3O2/c1-8-3-4-10(5-9(8)2)13-17-18-14-12(16)6-11(15(20)21)7-19(13)14/h3-7H,1-2H3,(H,20,21). The summed E-state index contributed by atoms with van der Waals surface area (Å²) in [6, 6.07) is 7.29. The predicted octanol–water partition coefficient (Wildman–Crippen LogP) is 3.36. The normalized spacial score (nSPS) is 11.0. The van der Waals surface area contributed by atoms with Crippen molar-refractivity contribution in [3.8, 4) is 11.4 Å². The Balaban J connectivity index is 2.27. The molecule has 0 spiro atoms. The molecule has 0 unspecified atom stereocenters. The number of carboxylic acids is 1. The van der Waals surface area contributed by atoms with Crippen LogP contribution in [0.2, 0.25) is 5.02 Å². The quantitative estimate of drug-likeness (QED) is 0.788. The van der Waals surface area contributed by atoms with E-state index in [9.17, 15) is 4.79 Å². The fraction of sp³-hybridized carbons (Fsp3) is 0.133. The summed E-state index contributed by atoms with van der Waals surface area (Å²) in [5, 5.41) is 17.6. The maximum Gasteiger partial charge on any atom is 0.337 e. The van der Waals surface area contributed by atoms with E-state index in [1.807, 2.05) is 32.0 Å². The fourth-order valence-corrected chi connectivity index (χ4v) is 2.39. The van der Waals surface area contributed by atoms with Crippen LogP contribution in [-0.4, -0.2) is 25.7 Å². The van der Waals surface area contributed by atoms with Crippen molar-refractivity contribution in [2.24, 2.45) is 0 Å². The van der Waals surface area contributed by atoms with Crippen molar-refractivity contribution in [3.63, 3.8) is 0 Å². The van der Waals surface area contributed by atoms with Gasteiger partial charge in [-0.3, -0.25) is 4.40 Å². The van der Waals surface area contributed by atoms with Gasteiger partial charge >= 0.3 is 5.97 Å². The molecule has 2 heterocycles. The number of pyridine rings is 1. The van der Waals surface area contributed by atoms with Crippen molar-refractivity contribution < 1.29 is 9.90 Å². The van der Waals surface area contributed by atoms with Crippen LogP contribution in [0.15, 0.2) is 30.5 Å². The van der Waals surface area contributed by atoms with Gasteiger partial charge in [-0.25, -0.2) is 4.79 Å². The molecular formula is C15H12ClN3O2. The van der Waals surface area contributed by atoms with Crippen molar-refractivity contribution >= 4 is 23.2 Å². The SMILES string of the molecule is Cc1ccc(-c2nnc3c(Cl)cc(C(=O)O)cn23)cc1C. The second-order valence-corrected chi connectivity index (χ2v) is 5.31. The molecule has 1 N–H and O–H groups in total. The van der Waals surface area contributed by atoms with Gasteiger partial charge in [-0.1, -0.05) is 23.7 Å². The number of fused-ring (bicyclic) bond motifs is 1. The number of carbonyl (C=O) groups is 1. The highest BCUT2D eigenvalue weighted by molar-refractivity contribution is 6.33. The van der Waals surface area contributed by atoms with Crippen LogP contribution >= 0.6 is 11.6 Å². The number of halogens is 1. The van der Waals surface area contributed by atoms with E-state index in [0.717, 1.165) is 11.1 Å². The minimum Gasteiger partial charge on any atom is -0.478 e. The van der Waals surface area contributed by atoms with Gasteiger partial charge in [-0.15, -0.1) is 10.2 Å². The summed E-state index contributed by atoms with van der Waals surface area (Å²) >= 11 is 6.08. The summed E-state index contributed by atoms with van der Waals surface area (Å²) in [6.45, 7) is 4.04. The van der Waals surface area contributed by atoms with E-state index in [2.05, 4.69) is 10.2 Å². The Kier molecular flexibility index (Phi) is 3.14. The van der Waals surface area contributed by atoms with Crippen molar-refractivity contribution in [3.05, 3.63) is 52.2 Å². The lowest BCUT2D eigenvalue weighted by atomic mass is 10.1. The maximum absolute atomic E-state index is 11.2. The van der Waals surface area contributed by atoms with E-state index >= 15 is 0 Å². The van der Waals surface area contributed by atoms with E-state index in [1.165, 1.54) is 17.8 Å². The summed E-state index contributed by atoms with van der Waals surface area (Å²) in [6.07, 6.45) is 1.48. The van der Waals surface area contributed by atoms with Crippen LogP contribution in [0.4, 0.5) is 0 Å². The van der Waals surface area contributed by atoms with Gasteiger partial charge in [0.1, 0.15) is 0 Å². The molecule has 0 aliphatic heterocycles. The lowest BCUT2D eigenvalue weighted by molar-refractivity contribution is 0.0696. The number of benzene rings is 1. The van der Waals surface area contributed by atoms with Crippen LogP contribution in [0, 0.1) is 13.8 Å². The van der Waals surface area contributed by atoms with E-state index in [0.29, 0.717) is 11.5 Å². The fourth-order valence-electron chi connectivity index (χ4n) is 2.15. The van der Waals surface area contributed by atoms with Crippen molar-refractivity contribution in [2.45, 2.75) is 13.8 Å². The second-order valence-electron chi connectivity index (χ2n) is 4.90. The summed E-state index contributed by atoms with van der Waals surface area (Å²) in [5.74, 6) is -0.475. The molecule has 3 rings (SSSR count). The zero-order chi connectivity index (χ0) is 15.1. The van der Waals surface area contributed by atoms with Crippen LogP contribution in [0.3, 0.4) is 0 Å². The molecule has 0 atom stereocenters. The second kappa shape index (κ2) is 4.86. The van der Waals surface area contributed by atoms with Gasteiger partial charge in [0.15, 0.2) is 11.5 Å². The minimum atomic E-state index is -1.04. The zero-order valence-electron chi connectivity index (χ0n) is 11.5. The third kappa shape index (κ3) is 2.25. The summed E-state index contributed by atoms with van der Waals surface area (Å²) in [4.78, 5) is 11.2. The van der Waals surface area contributed by atoms with Crippen molar-refractivity contribution in [1.29, 1.82) is 0 Å². The zero-order valence-corrected chi connectivity index (χ0v) is 12.2. The summed E-state index contributed by atoms with van der Waals surface area (Å²) in [5.41, 5.74) is 3.71. The molecule has 0 amide bonds. The molecular weight excluding hydrogens is 290 g/mol. The molecule has 21 heavy (non-hydrogen) atoms. The Morgan fingerprint density at radius 1 is 1.19 bits per heavy atom.